The molecule has 2 heterocycles. The molecule has 0 spiro atoms. The average molecular weight is 290 g/mol. The van der Waals surface area contributed by atoms with Crippen LogP contribution in [-0.4, -0.2) is 15.5 Å². The first-order chi connectivity index (χ1) is 10.8. The maximum absolute atomic E-state index is 12.4. The van der Waals surface area contributed by atoms with Crippen LogP contribution < -0.4 is 0 Å². The summed E-state index contributed by atoms with van der Waals surface area (Å²) in [6, 6.07) is 19.8. The minimum Gasteiger partial charge on any atom is -0.295 e. The maximum Gasteiger partial charge on any atom is 0.231 e. The van der Waals surface area contributed by atoms with Crippen molar-refractivity contribution in [1.29, 1.82) is 0 Å². The number of hydrogen-bond donors (Lipinski definition) is 0. The first kappa shape index (κ1) is 14.3. The van der Waals surface area contributed by atoms with Gasteiger partial charge in [-0.25, -0.2) is 0 Å². The number of hydrogen-bond acceptors (Lipinski definition) is 2. The molecule has 3 heteroatoms. The van der Waals surface area contributed by atoms with E-state index in [0.717, 1.165) is 12.1 Å². The lowest BCUT2D eigenvalue weighted by molar-refractivity contribution is 0.0893. The Morgan fingerprint density at radius 1 is 0.955 bits per heavy atom. The Balaban J connectivity index is 1.82. The van der Waals surface area contributed by atoms with Gasteiger partial charge in [-0.15, -0.1) is 0 Å². The lowest BCUT2D eigenvalue weighted by atomic mass is 9.90. The van der Waals surface area contributed by atoms with E-state index >= 15 is 0 Å². The largest absolute Gasteiger partial charge is 0.295 e. The van der Waals surface area contributed by atoms with E-state index in [0.29, 0.717) is 6.42 Å². The molecule has 0 aliphatic rings. The van der Waals surface area contributed by atoms with Crippen LogP contribution in [-0.2, 0) is 6.42 Å². The molecule has 0 fully saturated rings. The van der Waals surface area contributed by atoms with E-state index < -0.39 is 0 Å². The summed E-state index contributed by atoms with van der Waals surface area (Å²) in [5.41, 5.74) is 2.19. The highest BCUT2D eigenvalue weighted by Crippen LogP contribution is 2.24. The van der Waals surface area contributed by atoms with Crippen LogP contribution in [0, 0.1) is 0 Å². The fourth-order valence-corrected chi connectivity index (χ4v) is 2.62. The zero-order valence-corrected chi connectivity index (χ0v) is 12.3. The molecule has 0 saturated heterocycles. The Kier molecular flexibility index (Phi) is 4.44. The molecule has 1 aromatic carbocycles. The van der Waals surface area contributed by atoms with Crippen molar-refractivity contribution >= 4 is 5.91 Å². The summed E-state index contributed by atoms with van der Waals surface area (Å²) in [4.78, 5) is 16.8. The second-order valence-electron chi connectivity index (χ2n) is 5.32. The second-order valence-corrected chi connectivity index (χ2v) is 5.32. The Hall–Kier alpha value is -2.68. The van der Waals surface area contributed by atoms with Crippen molar-refractivity contribution in [3.05, 3.63) is 90.5 Å². The van der Waals surface area contributed by atoms with Gasteiger partial charge in [0.15, 0.2) is 0 Å². The highest BCUT2D eigenvalue weighted by molar-refractivity contribution is 5.79. The van der Waals surface area contributed by atoms with Crippen LogP contribution in [0.15, 0.2) is 79.3 Å². The zero-order chi connectivity index (χ0) is 15.2. The lowest BCUT2D eigenvalue weighted by Gasteiger charge is -2.16. The van der Waals surface area contributed by atoms with E-state index in [1.807, 2.05) is 48.5 Å². The van der Waals surface area contributed by atoms with Gasteiger partial charge in [-0.2, -0.15) is 0 Å². The molecule has 110 valence electrons. The Bertz CT molecular complexity index is 706. The quantitative estimate of drug-likeness (QED) is 0.713. The Labute approximate surface area is 130 Å². The second kappa shape index (κ2) is 6.85. The number of benzene rings is 1. The number of rotatable bonds is 5. The fourth-order valence-electron chi connectivity index (χ4n) is 2.62. The van der Waals surface area contributed by atoms with Crippen molar-refractivity contribution in [2.45, 2.75) is 18.8 Å². The third-order valence-corrected chi connectivity index (χ3v) is 3.77. The molecule has 3 aromatic rings. The molecule has 0 amide bonds. The minimum atomic E-state index is 0.106. The summed E-state index contributed by atoms with van der Waals surface area (Å²) >= 11 is 0. The molecule has 1 atom stereocenters. The summed E-state index contributed by atoms with van der Waals surface area (Å²) in [7, 11) is 0. The predicted octanol–water partition coefficient (Wildman–Crippen LogP) is 3.94. The van der Waals surface area contributed by atoms with Gasteiger partial charge in [0, 0.05) is 30.7 Å². The first-order valence-electron chi connectivity index (χ1n) is 7.44. The van der Waals surface area contributed by atoms with E-state index in [1.54, 1.807) is 23.2 Å². The molecule has 0 radical (unpaired) electrons. The number of carbonyl (C=O) groups is 1. The molecule has 0 aliphatic heterocycles. The van der Waals surface area contributed by atoms with E-state index in [2.05, 4.69) is 17.1 Å². The molecule has 0 aliphatic carbocycles. The predicted molar refractivity (Wildman–Crippen MR) is 86.8 cm³/mol. The molecule has 0 bridgehead atoms. The van der Waals surface area contributed by atoms with Gasteiger partial charge in [0.1, 0.15) is 0 Å². The van der Waals surface area contributed by atoms with Crippen LogP contribution in [0.1, 0.15) is 28.4 Å². The van der Waals surface area contributed by atoms with Crippen LogP contribution in [0.25, 0.3) is 0 Å². The van der Waals surface area contributed by atoms with E-state index in [4.69, 9.17) is 0 Å². The monoisotopic (exact) mass is 290 g/mol. The van der Waals surface area contributed by atoms with Crippen molar-refractivity contribution in [2.75, 3.05) is 0 Å². The van der Waals surface area contributed by atoms with Crippen LogP contribution in [0.3, 0.4) is 0 Å². The summed E-state index contributed by atoms with van der Waals surface area (Å²) in [6.45, 7) is 0. The highest BCUT2D eigenvalue weighted by atomic mass is 16.1. The molecule has 22 heavy (non-hydrogen) atoms. The van der Waals surface area contributed by atoms with Crippen LogP contribution in [0.5, 0.6) is 0 Å². The van der Waals surface area contributed by atoms with E-state index in [1.165, 1.54) is 5.56 Å². The molecular weight excluding hydrogens is 272 g/mol. The molecule has 0 N–H and O–H groups in total. The fraction of sp³-hybridized carbons (Fsp3) is 0.158. The third-order valence-electron chi connectivity index (χ3n) is 3.77. The molecule has 2 aromatic heterocycles. The first-order valence-corrected chi connectivity index (χ1v) is 7.44. The zero-order valence-electron chi connectivity index (χ0n) is 12.3. The smallest absolute Gasteiger partial charge is 0.231 e. The third kappa shape index (κ3) is 3.50. The molecule has 3 nitrogen and oxygen atoms in total. The van der Waals surface area contributed by atoms with Crippen molar-refractivity contribution in [3.63, 3.8) is 0 Å². The molecular formula is C19H18N2O. The number of aromatic nitrogens is 2. The van der Waals surface area contributed by atoms with Crippen LogP contribution in [0.2, 0.25) is 0 Å². The van der Waals surface area contributed by atoms with Crippen molar-refractivity contribution in [1.82, 2.24) is 9.55 Å². The normalized spacial score (nSPS) is 12.0. The number of nitrogens with zero attached hydrogens (tertiary/aromatic N) is 2. The SMILES string of the molecule is O=C(CC(Cc1ccccn1)c1ccccc1)n1cccc1. The topological polar surface area (TPSA) is 34.9 Å². The van der Waals surface area contributed by atoms with E-state index in [-0.39, 0.29) is 11.8 Å². The lowest BCUT2D eigenvalue weighted by Crippen LogP contribution is -2.15. The Morgan fingerprint density at radius 3 is 2.36 bits per heavy atom. The standard InChI is InChI=1S/C19H18N2O/c22-19(21-12-6-7-13-21)15-17(16-8-2-1-3-9-16)14-18-10-4-5-11-20-18/h1-13,17H,14-15H2. The van der Waals surface area contributed by atoms with Crippen molar-refractivity contribution < 1.29 is 4.79 Å². The number of carbonyl (C=O) groups excluding carboxylic acids is 1. The van der Waals surface area contributed by atoms with Crippen LogP contribution >= 0.6 is 0 Å². The minimum absolute atomic E-state index is 0.106. The van der Waals surface area contributed by atoms with Gasteiger partial charge >= 0.3 is 0 Å². The van der Waals surface area contributed by atoms with Gasteiger partial charge in [-0.3, -0.25) is 14.3 Å². The molecule has 0 saturated carbocycles. The van der Waals surface area contributed by atoms with Crippen LogP contribution in [0.4, 0.5) is 0 Å². The maximum atomic E-state index is 12.4. The summed E-state index contributed by atoms with van der Waals surface area (Å²) < 4.78 is 1.65. The van der Waals surface area contributed by atoms with Gasteiger partial charge in [0.25, 0.3) is 0 Å². The van der Waals surface area contributed by atoms with Crippen molar-refractivity contribution in [3.8, 4) is 0 Å². The van der Waals surface area contributed by atoms with Gasteiger partial charge in [-0.05, 0) is 42.2 Å². The van der Waals surface area contributed by atoms with Gasteiger partial charge < -0.3 is 0 Å². The average Bonchev–Trinajstić information content (AvgIpc) is 3.11. The molecule has 1 unspecified atom stereocenters. The summed E-state index contributed by atoms with van der Waals surface area (Å²) in [5.74, 6) is 0.237. The summed E-state index contributed by atoms with van der Waals surface area (Å²) in [6.07, 6.45) is 6.62. The summed E-state index contributed by atoms with van der Waals surface area (Å²) in [5, 5.41) is 0. The van der Waals surface area contributed by atoms with Gasteiger partial charge in [-0.1, -0.05) is 36.4 Å². The van der Waals surface area contributed by atoms with E-state index in [9.17, 15) is 4.79 Å². The highest BCUT2D eigenvalue weighted by Gasteiger charge is 2.18. The molecule has 3 rings (SSSR count). The number of pyridine rings is 1. The van der Waals surface area contributed by atoms with Gasteiger partial charge in [0.2, 0.25) is 5.91 Å². The van der Waals surface area contributed by atoms with Gasteiger partial charge in [0.05, 0.1) is 0 Å². The van der Waals surface area contributed by atoms with Crippen molar-refractivity contribution in [2.24, 2.45) is 0 Å². The Morgan fingerprint density at radius 2 is 1.68 bits per heavy atom.